The highest BCUT2D eigenvalue weighted by Crippen LogP contribution is 2.21. The number of carbonyl (C=O) groups excluding carboxylic acids is 1. The lowest BCUT2D eigenvalue weighted by Crippen LogP contribution is -2.53. The maximum Gasteiger partial charge on any atom is 0.326 e. The first-order valence-electron chi connectivity index (χ1n) is 9.45. The number of H-pyrrole nitrogens is 1. The summed E-state index contributed by atoms with van der Waals surface area (Å²) in [6.07, 6.45) is 3.79. The van der Waals surface area contributed by atoms with Crippen molar-refractivity contribution in [2.24, 2.45) is 0 Å². The highest BCUT2D eigenvalue weighted by atomic mass is 16.4. The summed E-state index contributed by atoms with van der Waals surface area (Å²) < 4.78 is 0. The molecular formula is C20H25N3O5. The molecule has 1 aromatic heterocycles. The van der Waals surface area contributed by atoms with Crippen LogP contribution in [0.2, 0.25) is 0 Å². The summed E-state index contributed by atoms with van der Waals surface area (Å²) in [5.41, 5.74) is 2.02. The summed E-state index contributed by atoms with van der Waals surface area (Å²) in [4.78, 5) is 40.1. The van der Waals surface area contributed by atoms with Gasteiger partial charge in [0.05, 0.1) is 6.04 Å². The van der Waals surface area contributed by atoms with E-state index in [9.17, 15) is 24.6 Å². The third-order valence-electron chi connectivity index (χ3n) is 5.32. The van der Waals surface area contributed by atoms with Gasteiger partial charge in [0.1, 0.15) is 12.1 Å². The molecule has 3 rings (SSSR count). The van der Waals surface area contributed by atoms with E-state index in [-0.39, 0.29) is 5.91 Å². The SMILES string of the molecule is C[C@H](NC(CCc1c[nH]c2ccccc12)C(=O)O)C(=O)N1CCC[C@H]1C(=O)O. The Morgan fingerprint density at radius 1 is 1.29 bits per heavy atom. The molecule has 1 unspecified atom stereocenters. The Bertz CT molecular complexity index is 878. The lowest BCUT2D eigenvalue weighted by molar-refractivity contribution is -0.149. The number of carboxylic acids is 2. The number of hydrogen-bond acceptors (Lipinski definition) is 4. The van der Waals surface area contributed by atoms with Crippen LogP contribution in [0, 0.1) is 0 Å². The predicted molar refractivity (Wildman–Crippen MR) is 103 cm³/mol. The van der Waals surface area contributed by atoms with E-state index >= 15 is 0 Å². The van der Waals surface area contributed by atoms with E-state index in [0.29, 0.717) is 32.2 Å². The first kappa shape index (κ1) is 19.9. The topological polar surface area (TPSA) is 123 Å². The molecule has 1 amide bonds. The molecule has 0 saturated carbocycles. The second-order valence-corrected chi connectivity index (χ2v) is 7.21. The molecule has 28 heavy (non-hydrogen) atoms. The predicted octanol–water partition coefficient (Wildman–Crippen LogP) is 1.61. The minimum Gasteiger partial charge on any atom is -0.480 e. The molecule has 150 valence electrons. The fourth-order valence-electron chi connectivity index (χ4n) is 3.83. The number of fused-ring (bicyclic) bond motifs is 1. The number of aryl methyl sites for hydroxylation is 1. The standard InChI is InChI=1S/C20H25N3O5/c1-12(18(24)23-10-4-7-17(23)20(27)28)22-16(19(25)26)9-8-13-11-21-15-6-3-2-5-14(13)15/h2-3,5-6,11-12,16-17,21-22H,4,7-10H2,1H3,(H,25,26)(H,27,28)/t12-,16?,17-/m0/s1. The number of carboxylic acid groups (broad SMARTS) is 2. The number of rotatable bonds is 8. The van der Waals surface area contributed by atoms with Gasteiger partial charge in [0.25, 0.3) is 0 Å². The Hall–Kier alpha value is -2.87. The molecule has 1 aliphatic rings. The minimum absolute atomic E-state index is 0.317. The molecule has 4 N–H and O–H groups in total. The molecule has 1 aromatic carbocycles. The molecular weight excluding hydrogens is 362 g/mol. The van der Waals surface area contributed by atoms with Crippen molar-refractivity contribution in [1.29, 1.82) is 0 Å². The second kappa shape index (κ2) is 8.43. The van der Waals surface area contributed by atoms with Crippen LogP contribution in [0.25, 0.3) is 10.9 Å². The van der Waals surface area contributed by atoms with Crippen LogP contribution in [-0.2, 0) is 20.8 Å². The Labute approximate surface area is 162 Å². The number of aromatic nitrogens is 1. The van der Waals surface area contributed by atoms with Crippen LogP contribution in [0.5, 0.6) is 0 Å². The molecule has 1 aliphatic heterocycles. The molecule has 1 saturated heterocycles. The third-order valence-corrected chi connectivity index (χ3v) is 5.32. The number of nitrogens with one attached hydrogen (secondary N) is 2. The van der Waals surface area contributed by atoms with Crippen LogP contribution in [0.3, 0.4) is 0 Å². The Balaban J connectivity index is 1.63. The zero-order chi connectivity index (χ0) is 20.3. The summed E-state index contributed by atoms with van der Waals surface area (Å²) in [7, 11) is 0. The van der Waals surface area contributed by atoms with Crippen LogP contribution in [-0.4, -0.2) is 62.6 Å². The van der Waals surface area contributed by atoms with E-state index in [0.717, 1.165) is 16.5 Å². The summed E-state index contributed by atoms with van der Waals surface area (Å²) in [6, 6.07) is 5.30. The number of para-hydroxylation sites is 1. The van der Waals surface area contributed by atoms with Gasteiger partial charge in [-0.25, -0.2) is 4.79 Å². The fourth-order valence-corrected chi connectivity index (χ4v) is 3.83. The van der Waals surface area contributed by atoms with Gasteiger partial charge in [-0.2, -0.15) is 0 Å². The molecule has 0 aliphatic carbocycles. The molecule has 1 fully saturated rings. The van der Waals surface area contributed by atoms with Gasteiger partial charge in [0, 0.05) is 23.6 Å². The van der Waals surface area contributed by atoms with Crippen LogP contribution >= 0.6 is 0 Å². The van der Waals surface area contributed by atoms with Gasteiger partial charge in [0.2, 0.25) is 5.91 Å². The number of nitrogens with zero attached hydrogens (tertiary/aromatic N) is 1. The van der Waals surface area contributed by atoms with Crippen LogP contribution < -0.4 is 5.32 Å². The molecule has 2 heterocycles. The summed E-state index contributed by atoms with van der Waals surface area (Å²) in [5.74, 6) is -2.42. The molecule has 0 radical (unpaired) electrons. The highest BCUT2D eigenvalue weighted by molar-refractivity contribution is 5.88. The minimum atomic E-state index is -1.03. The van der Waals surface area contributed by atoms with Crippen molar-refractivity contribution in [3.63, 3.8) is 0 Å². The first-order chi connectivity index (χ1) is 13.4. The van der Waals surface area contributed by atoms with Crippen LogP contribution in [0.1, 0.15) is 31.7 Å². The van der Waals surface area contributed by atoms with E-state index in [1.54, 1.807) is 6.92 Å². The van der Waals surface area contributed by atoms with E-state index in [4.69, 9.17) is 0 Å². The van der Waals surface area contributed by atoms with Gasteiger partial charge in [-0.05, 0) is 44.2 Å². The van der Waals surface area contributed by atoms with Gasteiger partial charge >= 0.3 is 11.9 Å². The number of aromatic amines is 1. The molecule has 8 nitrogen and oxygen atoms in total. The number of aliphatic carboxylic acids is 2. The number of carbonyl (C=O) groups is 3. The zero-order valence-corrected chi connectivity index (χ0v) is 15.7. The van der Waals surface area contributed by atoms with Gasteiger partial charge in [-0.15, -0.1) is 0 Å². The van der Waals surface area contributed by atoms with Crippen LogP contribution in [0.4, 0.5) is 0 Å². The molecule has 3 atom stereocenters. The first-order valence-corrected chi connectivity index (χ1v) is 9.45. The zero-order valence-electron chi connectivity index (χ0n) is 15.7. The van der Waals surface area contributed by atoms with Crippen LogP contribution in [0.15, 0.2) is 30.5 Å². The molecule has 0 spiro atoms. The van der Waals surface area contributed by atoms with Gasteiger partial charge in [-0.1, -0.05) is 18.2 Å². The maximum absolute atomic E-state index is 12.6. The fraction of sp³-hybridized carbons (Fsp3) is 0.450. The quantitative estimate of drug-likeness (QED) is 0.546. The van der Waals surface area contributed by atoms with Crippen molar-refractivity contribution in [1.82, 2.24) is 15.2 Å². The normalized spacial score (nSPS) is 18.9. The number of likely N-dealkylation sites (tertiary alicyclic amines) is 1. The Morgan fingerprint density at radius 2 is 2.04 bits per heavy atom. The van der Waals surface area contributed by atoms with E-state index in [1.165, 1.54) is 4.90 Å². The highest BCUT2D eigenvalue weighted by Gasteiger charge is 2.36. The molecule has 8 heteroatoms. The molecule has 2 aromatic rings. The van der Waals surface area contributed by atoms with Crippen molar-refractivity contribution >= 4 is 28.7 Å². The molecule has 0 bridgehead atoms. The van der Waals surface area contributed by atoms with Gasteiger partial charge in [0.15, 0.2) is 0 Å². The number of benzene rings is 1. The van der Waals surface area contributed by atoms with Crippen molar-refractivity contribution in [3.8, 4) is 0 Å². The van der Waals surface area contributed by atoms with Crippen molar-refractivity contribution in [3.05, 3.63) is 36.0 Å². The number of hydrogen-bond donors (Lipinski definition) is 4. The average molecular weight is 387 g/mol. The third kappa shape index (κ3) is 4.17. The number of amides is 1. The lowest BCUT2D eigenvalue weighted by atomic mass is 10.0. The maximum atomic E-state index is 12.6. The van der Waals surface area contributed by atoms with Crippen molar-refractivity contribution < 1.29 is 24.6 Å². The monoisotopic (exact) mass is 387 g/mol. The average Bonchev–Trinajstić information content (AvgIpc) is 3.31. The van der Waals surface area contributed by atoms with Crippen molar-refractivity contribution in [2.45, 2.75) is 50.7 Å². The lowest BCUT2D eigenvalue weighted by Gasteiger charge is -2.27. The van der Waals surface area contributed by atoms with E-state index in [1.807, 2.05) is 30.5 Å². The second-order valence-electron chi connectivity index (χ2n) is 7.21. The Kier molecular flexibility index (Phi) is 5.99. The van der Waals surface area contributed by atoms with E-state index < -0.39 is 30.1 Å². The largest absolute Gasteiger partial charge is 0.480 e. The Morgan fingerprint density at radius 3 is 2.75 bits per heavy atom. The van der Waals surface area contributed by atoms with Crippen molar-refractivity contribution in [2.75, 3.05) is 6.54 Å². The summed E-state index contributed by atoms with van der Waals surface area (Å²) in [5, 5.41) is 22.7. The van der Waals surface area contributed by atoms with E-state index in [2.05, 4.69) is 10.3 Å². The summed E-state index contributed by atoms with van der Waals surface area (Å²) in [6.45, 7) is 1.97. The smallest absolute Gasteiger partial charge is 0.326 e. The van der Waals surface area contributed by atoms with Gasteiger partial charge in [-0.3, -0.25) is 14.9 Å². The summed E-state index contributed by atoms with van der Waals surface area (Å²) >= 11 is 0. The van der Waals surface area contributed by atoms with Gasteiger partial charge < -0.3 is 20.1 Å².